The molecule has 22 heteroatoms. The van der Waals surface area contributed by atoms with Crippen LogP contribution >= 0.6 is 0 Å². The van der Waals surface area contributed by atoms with Crippen molar-refractivity contribution in [1.29, 1.82) is 0 Å². The molecule has 0 aromatic heterocycles. The van der Waals surface area contributed by atoms with Crippen molar-refractivity contribution in [3.05, 3.63) is 0 Å². The summed E-state index contributed by atoms with van der Waals surface area (Å²) in [5.74, 6) is -0.365. The molecule has 0 unspecified atom stereocenters. The maximum absolute atomic E-state index is 11.5. The Morgan fingerprint density at radius 2 is 0.659 bits per heavy atom. The van der Waals surface area contributed by atoms with Gasteiger partial charge in [-0.15, -0.1) is 0 Å². The first-order valence-electron chi connectivity index (χ1n) is 14.9. The first-order valence-corrected chi connectivity index (χ1v) is 30.3. The van der Waals surface area contributed by atoms with Crippen LogP contribution < -0.4 is 0 Å². The van der Waals surface area contributed by atoms with Gasteiger partial charge >= 0.3 is 76.4 Å². The molecule has 0 saturated carbocycles. The van der Waals surface area contributed by atoms with E-state index >= 15 is 0 Å². The van der Waals surface area contributed by atoms with Crippen molar-refractivity contribution in [3.63, 3.8) is 0 Å². The molecule has 0 aliphatic carbocycles. The maximum atomic E-state index is 11.5. The summed E-state index contributed by atoms with van der Waals surface area (Å²) in [6.07, 6.45) is 0.417. The maximum Gasteiger partial charge on any atom is 0.479 e. The highest BCUT2D eigenvalue weighted by atomic mass is 28.6. The van der Waals surface area contributed by atoms with Gasteiger partial charge in [0, 0.05) is 55.3 Å². The van der Waals surface area contributed by atoms with E-state index in [1.54, 1.807) is 0 Å². The number of ether oxygens (including phenoxy) is 1. The lowest BCUT2D eigenvalue weighted by atomic mass is 10.5. The van der Waals surface area contributed by atoms with Crippen LogP contribution in [0.5, 0.6) is 0 Å². The molecule has 6 aliphatic rings. The lowest BCUT2D eigenvalue weighted by Gasteiger charge is -2.63. The number of carbonyl (C=O) groups excluding carboxylic acids is 1. The summed E-state index contributed by atoms with van der Waals surface area (Å²) in [5, 5.41) is 0. The fourth-order valence-electron chi connectivity index (χ4n) is 5.52. The van der Waals surface area contributed by atoms with Crippen LogP contribution in [0.1, 0.15) is 61.8 Å². The molecule has 41 heavy (non-hydrogen) atoms. The van der Waals surface area contributed by atoms with Crippen molar-refractivity contribution in [2.45, 2.75) is 110 Å². The average molecular weight is 721 g/mol. The molecule has 6 fully saturated rings. The molecule has 0 radical (unpaired) electrons. The standard InChI is InChI=1S/C19H44O14Si8/c1-9-34-22-35(10-2)25-38(13-5)27-36(11-3,23-34)29-40(15-7)30-37(12-4,24-34)28-39(14-6,26-35)32-41(31-38,33-40)18-16-17-21-19(8)20/h9-18H2,1-8H3. The zero-order chi connectivity index (χ0) is 29.8. The number of esters is 1. The molecule has 0 aromatic rings. The monoisotopic (exact) mass is 720 g/mol. The van der Waals surface area contributed by atoms with Crippen LogP contribution in [0.4, 0.5) is 0 Å². The fourth-order valence-corrected chi connectivity index (χ4v) is 55.2. The molecule has 236 valence electrons. The molecular weight excluding hydrogens is 677 g/mol. The van der Waals surface area contributed by atoms with Crippen molar-refractivity contribution in [2.75, 3.05) is 6.61 Å². The van der Waals surface area contributed by atoms with Gasteiger partial charge < -0.3 is 54.1 Å². The molecule has 6 aliphatic heterocycles. The molecule has 0 spiro atoms. The molecular formula is C19H44O14Si8. The Bertz CT molecular complexity index is 888. The zero-order valence-electron chi connectivity index (χ0n) is 25.3. The van der Waals surface area contributed by atoms with Crippen molar-refractivity contribution in [2.24, 2.45) is 0 Å². The van der Waals surface area contributed by atoms with Crippen LogP contribution in [0.15, 0.2) is 0 Å². The lowest BCUT2D eigenvalue weighted by Crippen LogP contribution is -2.88. The number of hydrogen-bond donors (Lipinski definition) is 0. The highest BCUT2D eigenvalue weighted by Crippen LogP contribution is 2.53. The predicted octanol–water partition coefficient (Wildman–Crippen LogP) is 3.86. The van der Waals surface area contributed by atoms with Crippen LogP contribution in [0.25, 0.3) is 0 Å². The third-order valence-corrected chi connectivity index (χ3v) is 44.6. The molecule has 8 bridgehead atoms. The average Bonchev–Trinajstić information content (AvgIpc) is 2.90. The number of hydrogen-bond acceptors (Lipinski definition) is 14. The Hall–Kier alpha value is 0.725. The largest absolute Gasteiger partial charge is 0.479 e. The summed E-state index contributed by atoms with van der Waals surface area (Å²) in [7, 11) is -29.4. The normalized spacial score (nSPS) is 48.7. The molecule has 6 saturated heterocycles. The first-order chi connectivity index (χ1) is 19.3. The third kappa shape index (κ3) is 5.90. The Balaban J connectivity index is 1.77. The van der Waals surface area contributed by atoms with Crippen molar-refractivity contribution in [3.8, 4) is 0 Å². The summed E-state index contributed by atoms with van der Waals surface area (Å²) in [5.41, 5.74) is 0. The van der Waals surface area contributed by atoms with E-state index in [-0.39, 0.29) is 12.6 Å². The highest BCUT2D eigenvalue weighted by molar-refractivity contribution is 7.03. The van der Waals surface area contributed by atoms with Gasteiger partial charge in [0.05, 0.1) is 6.61 Å². The van der Waals surface area contributed by atoms with E-state index < -0.39 is 70.4 Å². The summed E-state index contributed by atoms with van der Waals surface area (Å²) in [6, 6.07) is 3.13. The van der Waals surface area contributed by atoms with E-state index in [0.29, 0.717) is 54.8 Å². The van der Waals surface area contributed by atoms with Gasteiger partial charge in [0.25, 0.3) is 0 Å². The number of carbonyl (C=O) groups is 1. The van der Waals surface area contributed by atoms with Crippen LogP contribution in [0.2, 0.25) is 48.4 Å². The molecule has 0 atom stereocenters. The Morgan fingerprint density at radius 3 is 0.854 bits per heavy atom. The van der Waals surface area contributed by atoms with Gasteiger partial charge in [-0.1, -0.05) is 48.5 Å². The number of rotatable bonds is 11. The second kappa shape index (κ2) is 11.5. The van der Waals surface area contributed by atoms with E-state index in [1.807, 2.05) is 48.5 Å². The predicted molar refractivity (Wildman–Crippen MR) is 158 cm³/mol. The zero-order valence-corrected chi connectivity index (χ0v) is 33.3. The summed E-state index contributed by atoms with van der Waals surface area (Å²) < 4.78 is 90.1. The van der Waals surface area contributed by atoms with Crippen LogP contribution in [0, 0.1) is 0 Å². The van der Waals surface area contributed by atoms with E-state index in [0.717, 1.165) is 0 Å². The Labute approximate surface area is 251 Å². The van der Waals surface area contributed by atoms with Gasteiger partial charge in [0.2, 0.25) is 0 Å². The first kappa shape index (κ1) is 33.1. The van der Waals surface area contributed by atoms with Gasteiger partial charge in [-0.05, 0) is 6.42 Å². The minimum absolute atomic E-state index is 0.169. The van der Waals surface area contributed by atoms with Gasteiger partial charge in [0.15, 0.2) is 0 Å². The minimum atomic E-state index is -3.81. The molecule has 6 heterocycles. The minimum Gasteiger partial charge on any atom is -0.466 e. The molecule has 0 aromatic carbocycles. The Kier molecular flexibility index (Phi) is 9.29. The Morgan fingerprint density at radius 1 is 0.439 bits per heavy atom. The topological polar surface area (TPSA) is 137 Å². The summed E-state index contributed by atoms with van der Waals surface area (Å²) in [6.45, 7) is 15.3. The SMILES string of the molecule is CC[Si]12O[Si]3(CC)O[Si]4(CC)O[Si](CC)(O1)O[Si]1(CC)O[Si](CC)(O2)O[Si](CC)(O3)O[Si](CCCOC(C)=O)(O4)O1. The van der Waals surface area contributed by atoms with Crippen molar-refractivity contribution >= 4 is 76.4 Å². The summed E-state index contributed by atoms with van der Waals surface area (Å²) >= 11 is 0. The van der Waals surface area contributed by atoms with Crippen molar-refractivity contribution in [1.82, 2.24) is 0 Å². The van der Waals surface area contributed by atoms with E-state index in [4.69, 9.17) is 54.1 Å². The van der Waals surface area contributed by atoms with Crippen LogP contribution in [-0.2, 0) is 58.9 Å². The second-order valence-electron chi connectivity index (χ2n) is 10.6. The third-order valence-electron chi connectivity index (χ3n) is 7.70. The summed E-state index contributed by atoms with van der Waals surface area (Å²) in [4.78, 5) is 11.5. The van der Waals surface area contributed by atoms with Gasteiger partial charge in [-0.2, -0.15) is 0 Å². The van der Waals surface area contributed by atoms with Gasteiger partial charge in [0.1, 0.15) is 0 Å². The van der Waals surface area contributed by atoms with Gasteiger partial charge in [-0.25, -0.2) is 0 Å². The lowest BCUT2D eigenvalue weighted by molar-refractivity contribution is -0.141. The molecule has 0 N–H and O–H groups in total. The van der Waals surface area contributed by atoms with E-state index in [2.05, 4.69) is 0 Å². The highest BCUT2D eigenvalue weighted by Gasteiger charge is 2.81. The van der Waals surface area contributed by atoms with Crippen LogP contribution in [0.3, 0.4) is 0 Å². The molecule has 14 nitrogen and oxygen atoms in total. The molecule has 0 amide bonds. The fraction of sp³-hybridized carbons (Fsp3) is 0.947. The van der Waals surface area contributed by atoms with Gasteiger partial charge in [-0.3, -0.25) is 4.79 Å². The molecule has 6 rings (SSSR count). The van der Waals surface area contributed by atoms with Crippen molar-refractivity contribution < 1.29 is 58.9 Å². The quantitative estimate of drug-likeness (QED) is 0.174. The van der Waals surface area contributed by atoms with E-state index in [1.165, 1.54) is 6.92 Å². The van der Waals surface area contributed by atoms with E-state index in [9.17, 15) is 4.79 Å². The smallest absolute Gasteiger partial charge is 0.466 e. The second-order valence-corrected chi connectivity index (χ2v) is 36.8. The van der Waals surface area contributed by atoms with Crippen LogP contribution in [-0.4, -0.2) is 83.0 Å².